The molecular formula is C17H25Cl2NO. The number of nitrogens with two attached hydrogens (primary N) is 1. The Morgan fingerprint density at radius 2 is 1.86 bits per heavy atom. The van der Waals surface area contributed by atoms with E-state index in [-0.39, 0.29) is 11.6 Å². The van der Waals surface area contributed by atoms with Gasteiger partial charge in [0.1, 0.15) is 0 Å². The molecule has 0 saturated heterocycles. The van der Waals surface area contributed by atoms with Gasteiger partial charge in [-0.25, -0.2) is 0 Å². The molecule has 1 unspecified atom stereocenters. The fourth-order valence-corrected chi connectivity index (χ4v) is 3.75. The minimum Gasteiger partial charge on any atom is -0.374 e. The fraction of sp³-hybridized carbons (Fsp3) is 0.647. The van der Waals surface area contributed by atoms with E-state index in [0.29, 0.717) is 18.1 Å². The minimum absolute atomic E-state index is 0.0495. The third kappa shape index (κ3) is 4.35. The molecule has 4 heteroatoms. The number of hydrogen-bond donors (Lipinski definition) is 1. The minimum atomic E-state index is -0.211. The average molecular weight is 330 g/mol. The SMILES string of the molecule is CCOC1(C(N)Cc2cc(Cl)ccc2Cl)CCCCCC1. The first-order valence-corrected chi connectivity index (χ1v) is 8.66. The van der Waals surface area contributed by atoms with Crippen molar-refractivity contribution in [2.45, 2.75) is 63.5 Å². The third-order valence-electron chi connectivity index (χ3n) is 4.51. The van der Waals surface area contributed by atoms with Gasteiger partial charge in [0.15, 0.2) is 0 Å². The Labute approximate surface area is 137 Å². The summed E-state index contributed by atoms with van der Waals surface area (Å²) in [5.74, 6) is 0. The zero-order valence-electron chi connectivity index (χ0n) is 12.7. The summed E-state index contributed by atoms with van der Waals surface area (Å²) in [5.41, 5.74) is 7.37. The van der Waals surface area contributed by atoms with Crippen LogP contribution in [0.3, 0.4) is 0 Å². The lowest BCUT2D eigenvalue weighted by molar-refractivity contribution is -0.0683. The Kier molecular flexibility index (Phi) is 6.36. The molecule has 1 atom stereocenters. The van der Waals surface area contributed by atoms with Crippen LogP contribution in [0.1, 0.15) is 51.0 Å². The number of benzene rings is 1. The fourth-order valence-electron chi connectivity index (χ4n) is 3.36. The van der Waals surface area contributed by atoms with Gasteiger partial charge in [0.25, 0.3) is 0 Å². The lowest BCUT2D eigenvalue weighted by atomic mass is 9.83. The normalized spacial score (nSPS) is 20.0. The van der Waals surface area contributed by atoms with E-state index >= 15 is 0 Å². The quantitative estimate of drug-likeness (QED) is 0.772. The van der Waals surface area contributed by atoms with Gasteiger partial charge in [0.2, 0.25) is 0 Å². The van der Waals surface area contributed by atoms with Crippen LogP contribution in [0.4, 0.5) is 0 Å². The van der Waals surface area contributed by atoms with E-state index in [1.807, 2.05) is 25.1 Å². The number of rotatable bonds is 5. The summed E-state index contributed by atoms with van der Waals surface area (Å²) in [5, 5.41) is 1.43. The first-order valence-electron chi connectivity index (χ1n) is 7.91. The van der Waals surface area contributed by atoms with E-state index < -0.39 is 0 Å². The second kappa shape index (κ2) is 7.82. The van der Waals surface area contributed by atoms with Crippen LogP contribution in [-0.4, -0.2) is 18.2 Å². The number of halogens is 2. The molecule has 1 aromatic rings. The number of ether oxygens (including phenoxy) is 1. The first kappa shape index (κ1) is 17.1. The Morgan fingerprint density at radius 1 is 1.19 bits per heavy atom. The monoisotopic (exact) mass is 329 g/mol. The molecular weight excluding hydrogens is 305 g/mol. The van der Waals surface area contributed by atoms with Crippen molar-refractivity contribution in [3.8, 4) is 0 Å². The lowest BCUT2D eigenvalue weighted by Crippen LogP contribution is -2.51. The van der Waals surface area contributed by atoms with Crippen molar-refractivity contribution in [1.82, 2.24) is 0 Å². The summed E-state index contributed by atoms with van der Waals surface area (Å²) in [7, 11) is 0. The maximum absolute atomic E-state index is 6.56. The Balaban J connectivity index is 2.17. The molecule has 118 valence electrons. The number of hydrogen-bond acceptors (Lipinski definition) is 2. The highest BCUT2D eigenvalue weighted by Gasteiger charge is 2.37. The molecule has 0 aromatic heterocycles. The molecule has 1 aliphatic rings. The third-order valence-corrected chi connectivity index (χ3v) is 5.11. The van der Waals surface area contributed by atoms with Gasteiger partial charge in [-0.05, 0) is 49.9 Å². The van der Waals surface area contributed by atoms with E-state index in [1.165, 1.54) is 25.7 Å². The highest BCUT2D eigenvalue weighted by Crippen LogP contribution is 2.35. The van der Waals surface area contributed by atoms with Gasteiger partial charge in [-0.15, -0.1) is 0 Å². The van der Waals surface area contributed by atoms with Gasteiger partial charge in [-0.1, -0.05) is 48.9 Å². The highest BCUT2D eigenvalue weighted by molar-refractivity contribution is 6.33. The van der Waals surface area contributed by atoms with Crippen LogP contribution in [0.2, 0.25) is 10.0 Å². The Hall–Kier alpha value is -0.280. The maximum atomic E-state index is 6.56. The lowest BCUT2D eigenvalue weighted by Gasteiger charge is -2.38. The maximum Gasteiger partial charge on any atom is 0.0835 e. The van der Waals surface area contributed by atoms with Gasteiger partial charge in [-0.2, -0.15) is 0 Å². The smallest absolute Gasteiger partial charge is 0.0835 e. The molecule has 0 aliphatic heterocycles. The second-order valence-corrected chi connectivity index (χ2v) is 6.80. The van der Waals surface area contributed by atoms with Crippen LogP contribution >= 0.6 is 23.2 Å². The first-order chi connectivity index (χ1) is 10.1. The molecule has 2 N–H and O–H groups in total. The van der Waals surface area contributed by atoms with Crippen molar-refractivity contribution >= 4 is 23.2 Å². The van der Waals surface area contributed by atoms with Gasteiger partial charge < -0.3 is 10.5 Å². The topological polar surface area (TPSA) is 35.2 Å². The molecule has 0 amide bonds. The van der Waals surface area contributed by atoms with Crippen LogP contribution in [0, 0.1) is 0 Å². The molecule has 1 fully saturated rings. The van der Waals surface area contributed by atoms with Crippen molar-refractivity contribution in [1.29, 1.82) is 0 Å². The van der Waals surface area contributed by atoms with Crippen molar-refractivity contribution in [2.24, 2.45) is 5.73 Å². The largest absolute Gasteiger partial charge is 0.374 e. The van der Waals surface area contributed by atoms with Crippen LogP contribution in [0.5, 0.6) is 0 Å². The molecule has 0 radical (unpaired) electrons. The van der Waals surface area contributed by atoms with Crippen molar-refractivity contribution in [3.05, 3.63) is 33.8 Å². The van der Waals surface area contributed by atoms with Crippen LogP contribution in [0.25, 0.3) is 0 Å². The molecule has 1 saturated carbocycles. The van der Waals surface area contributed by atoms with Crippen LogP contribution < -0.4 is 5.73 Å². The van der Waals surface area contributed by atoms with Crippen molar-refractivity contribution in [2.75, 3.05) is 6.61 Å². The zero-order valence-corrected chi connectivity index (χ0v) is 14.2. The summed E-state index contributed by atoms with van der Waals surface area (Å²) in [6, 6.07) is 5.52. The van der Waals surface area contributed by atoms with Gasteiger partial charge >= 0.3 is 0 Å². The Morgan fingerprint density at radius 3 is 2.48 bits per heavy atom. The molecule has 0 heterocycles. The summed E-state index contributed by atoms with van der Waals surface area (Å²) < 4.78 is 6.15. The Bertz CT molecular complexity index is 456. The van der Waals surface area contributed by atoms with E-state index in [4.69, 9.17) is 33.7 Å². The summed E-state index contributed by atoms with van der Waals surface area (Å²) in [6.45, 7) is 2.75. The molecule has 0 spiro atoms. The van der Waals surface area contributed by atoms with Crippen molar-refractivity contribution in [3.63, 3.8) is 0 Å². The van der Waals surface area contributed by atoms with Crippen LogP contribution in [0.15, 0.2) is 18.2 Å². The average Bonchev–Trinajstić information content (AvgIpc) is 2.70. The molecule has 1 aliphatic carbocycles. The predicted molar refractivity (Wildman–Crippen MR) is 90.2 cm³/mol. The summed E-state index contributed by atoms with van der Waals surface area (Å²) >= 11 is 12.4. The molecule has 2 rings (SSSR count). The second-order valence-electron chi connectivity index (χ2n) is 5.96. The van der Waals surface area contributed by atoms with E-state index in [9.17, 15) is 0 Å². The predicted octanol–water partition coefficient (Wildman–Crippen LogP) is 4.99. The summed E-state index contributed by atoms with van der Waals surface area (Å²) in [6.07, 6.45) is 7.73. The molecule has 21 heavy (non-hydrogen) atoms. The molecule has 2 nitrogen and oxygen atoms in total. The van der Waals surface area contributed by atoms with Crippen molar-refractivity contribution < 1.29 is 4.74 Å². The van der Waals surface area contributed by atoms with Gasteiger partial charge in [0, 0.05) is 22.7 Å². The van der Waals surface area contributed by atoms with Gasteiger partial charge in [-0.3, -0.25) is 0 Å². The van der Waals surface area contributed by atoms with Crippen LogP contribution in [-0.2, 0) is 11.2 Å². The van der Waals surface area contributed by atoms with E-state index in [0.717, 1.165) is 23.4 Å². The standard InChI is InChI=1S/C17H25Cl2NO/c1-2-21-17(9-5-3-4-6-10-17)16(20)12-13-11-14(18)7-8-15(13)19/h7-8,11,16H,2-6,9-10,12,20H2,1H3. The molecule has 0 bridgehead atoms. The summed E-state index contributed by atoms with van der Waals surface area (Å²) in [4.78, 5) is 0. The van der Waals surface area contributed by atoms with E-state index in [2.05, 4.69) is 0 Å². The molecule has 1 aromatic carbocycles. The van der Waals surface area contributed by atoms with Gasteiger partial charge in [0.05, 0.1) is 5.60 Å². The highest BCUT2D eigenvalue weighted by atomic mass is 35.5. The zero-order chi connectivity index (χ0) is 15.3. The van der Waals surface area contributed by atoms with E-state index in [1.54, 1.807) is 0 Å².